The Kier molecular flexibility index (Phi) is 13.8. The molecule has 0 aromatic heterocycles. The number of hydrogen-bond acceptors (Lipinski definition) is 9. The van der Waals surface area contributed by atoms with E-state index in [1.165, 1.54) is 0 Å². The van der Waals surface area contributed by atoms with Gasteiger partial charge < -0.3 is 26.0 Å². The lowest BCUT2D eigenvalue weighted by molar-refractivity contribution is -0.139. The summed E-state index contributed by atoms with van der Waals surface area (Å²) in [6.07, 6.45) is 0. The molecule has 0 saturated carbocycles. The van der Waals surface area contributed by atoms with Gasteiger partial charge in [-0.2, -0.15) is 0 Å². The van der Waals surface area contributed by atoms with E-state index in [9.17, 15) is 22.8 Å². The molecule has 5 N–H and O–H groups in total. The Balaban J connectivity index is 4.70. The number of carbonyl (C=O) groups is 3. The first kappa shape index (κ1) is 26.9. The molecule has 0 saturated heterocycles. The van der Waals surface area contributed by atoms with Crippen LogP contribution in [-0.2, 0) is 24.2 Å². The largest absolute Gasteiger partial charge is 0.480 e. The molecule has 0 aliphatic carbocycles. The molecule has 0 spiro atoms. The van der Waals surface area contributed by atoms with Gasteiger partial charge in [0.05, 0.1) is 25.4 Å². The monoisotopic (exact) mass is 438 g/mol. The van der Waals surface area contributed by atoms with Crippen molar-refractivity contribution in [2.45, 2.75) is 0 Å². The Morgan fingerprint density at radius 3 is 1.72 bits per heavy atom. The van der Waals surface area contributed by atoms with E-state index in [1.54, 1.807) is 9.80 Å². The SMILES string of the molecule is C=CS(=O)(=O)CCN(CCNCC(=O)O)CCN(CCNCC(=O)O)CC(=O)O. The number of aliphatic carboxylic acids is 3. The summed E-state index contributed by atoms with van der Waals surface area (Å²) in [5.74, 6) is -3.22. The van der Waals surface area contributed by atoms with Crippen LogP contribution in [-0.4, -0.2) is 123 Å². The van der Waals surface area contributed by atoms with E-state index < -0.39 is 27.7 Å². The van der Waals surface area contributed by atoms with E-state index in [1.807, 2.05) is 0 Å². The van der Waals surface area contributed by atoms with Crippen molar-refractivity contribution < 1.29 is 38.1 Å². The van der Waals surface area contributed by atoms with Crippen LogP contribution in [0.15, 0.2) is 12.0 Å². The van der Waals surface area contributed by atoms with Crippen LogP contribution in [0.4, 0.5) is 0 Å². The van der Waals surface area contributed by atoms with Gasteiger partial charge in [-0.25, -0.2) is 8.42 Å². The topological polar surface area (TPSA) is 177 Å². The van der Waals surface area contributed by atoms with Crippen LogP contribution < -0.4 is 10.6 Å². The molecule has 0 fully saturated rings. The minimum atomic E-state index is -3.41. The molecular weight excluding hydrogens is 408 g/mol. The van der Waals surface area contributed by atoms with Crippen LogP contribution in [0, 0.1) is 0 Å². The average molecular weight is 439 g/mol. The summed E-state index contributed by atoms with van der Waals surface area (Å²) in [5.41, 5.74) is 0. The molecule has 0 bridgehead atoms. The summed E-state index contributed by atoms with van der Waals surface area (Å²) in [7, 11) is -3.41. The lowest BCUT2D eigenvalue weighted by Gasteiger charge is -2.27. The molecule has 0 aromatic carbocycles. The van der Waals surface area contributed by atoms with Crippen LogP contribution in [0.1, 0.15) is 0 Å². The third-order valence-corrected chi connectivity index (χ3v) is 5.06. The van der Waals surface area contributed by atoms with E-state index in [0.29, 0.717) is 32.7 Å². The Morgan fingerprint density at radius 1 is 0.793 bits per heavy atom. The van der Waals surface area contributed by atoms with Crippen molar-refractivity contribution in [3.8, 4) is 0 Å². The third-order valence-electron chi connectivity index (χ3n) is 3.80. The van der Waals surface area contributed by atoms with Gasteiger partial charge in [-0.05, 0) is 0 Å². The van der Waals surface area contributed by atoms with Crippen LogP contribution in [0.2, 0.25) is 0 Å². The maximum absolute atomic E-state index is 11.7. The van der Waals surface area contributed by atoms with Gasteiger partial charge in [-0.15, -0.1) is 0 Å². The summed E-state index contributed by atoms with van der Waals surface area (Å²) >= 11 is 0. The zero-order valence-corrected chi connectivity index (χ0v) is 17.1. The van der Waals surface area contributed by atoms with Gasteiger partial charge in [-0.3, -0.25) is 24.2 Å². The van der Waals surface area contributed by atoms with Crippen molar-refractivity contribution >= 4 is 27.7 Å². The van der Waals surface area contributed by atoms with Gasteiger partial charge in [0.1, 0.15) is 0 Å². The van der Waals surface area contributed by atoms with Crippen LogP contribution in [0.5, 0.6) is 0 Å². The fraction of sp³-hybridized carbons (Fsp3) is 0.688. The molecule has 0 aliphatic rings. The molecule has 0 aliphatic heterocycles. The number of nitrogens with one attached hydrogen (secondary N) is 2. The fourth-order valence-corrected chi connectivity index (χ4v) is 2.96. The minimum Gasteiger partial charge on any atom is -0.480 e. The second kappa shape index (κ2) is 14.9. The summed E-state index contributed by atoms with van der Waals surface area (Å²) in [5, 5.41) is 32.6. The van der Waals surface area contributed by atoms with Crippen molar-refractivity contribution in [2.75, 3.05) is 71.2 Å². The summed E-state index contributed by atoms with van der Waals surface area (Å²) < 4.78 is 23.3. The molecule has 0 atom stereocenters. The Labute approximate surface area is 170 Å². The van der Waals surface area contributed by atoms with Crippen LogP contribution in [0.3, 0.4) is 0 Å². The van der Waals surface area contributed by atoms with Crippen molar-refractivity contribution in [1.29, 1.82) is 0 Å². The number of rotatable bonds is 19. The molecule has 0 heterocycles. The van der Waals surface area contributed by atoms with Gasteiger partial charge in [-0.1, -0.05) is 6.58 Å². The first-order valence-corrected chi connectivity index (χ1v) is 10.6. The maximum Gasteiger partial charge on any atom is 0.317 e. The normalized spacial score (nSPS) is 11.7. The lowest BCUT2D eigenvalue weighted by Crippen LogP contribution is -2.44. The number of carboxylic acid groups (broad SMARTS) is 3. The first-order chi connectivity index (χ1) is 13.6. The second-order valence-corrected chi connectivity index (χ2v) is 8.25. The summed E-state index contributed by atoms with van der Waals surface area (Å²) in [6.45, 7) is 4.68. The zero-order chi connectivity index (χ0) is 22.3. The maximum atomic E-state index is 11.7. The minimum absolute atomic E-state index is 0.158. The Bertz CT molecular complexity index is 641. The predicted molar refractivity (Wildman–Crippen MR) is 106 cm³/mol. The number of sulfone groups is 1. The van der Waals surface area contributed by atoms with Crippen LogP contribution >= 0.6 is 0 Å². The van der Waals surface area contributed by atoms with E-state index >= 15 is 0 Å². The van der Waals surface area contributed by atoms with Gasteiger partial charge in [0, 0.05) is 51.2 Å². The molecule has 13 heteroatoms. The molecule has 168 valence electrons. The molecule has 0 radical (unpaired) electrons. The molecule has 0 unspecified atom stereocenters. The molecular formula is C16H30N4O8S. The average Bonchev–Trinajstić information content (AvgIpc) is 2.62. The van der Waals surface area contributed by atoms with E-state index in [4.69, 9.17) is 15.3 Å². The Hall–Kier alpha value is -2.06. The highest BCUT2D eigenvalue weighted by molar-refractivity contribution is 7.94. The Morgan fingerprint density at radius 2 is 1.28 bits per heavy atom. The fourth-order valence-electron chi connectivity index (χ4n) is 2.28. The first-order valence-electron chi connectivity index (χ1n) is 8.92. The standard InChI is InChI=1S/C16H30N4O8S/c1-2-29(27,28)10-9-19(5-3-17-11-14(21)22)7-8-20(13-16(25)26)6-4-18-12-15(23)24/h2,17-18H,1,3-13H2,(H,21,22)(H,23,24)(H,25,26). The highest BCUT2D eigenvalue weighted by atomic mass is 32.2. The lowest BCUT2D eigenvalue weighted by atomic mass is 10.3. The second-order valence-electron chi connectivity index (χ2n) is 6.19. The van der Waals surface area contributed by atoms with Gasteiger partial charge >= 0.3 is 17.9 Å². The molecule has 0 amide bonds. The highest BCUT2D eigenvalue weighted by Gasteiger charge is 2.15. The van der Waals surface area contributed by atoms with Gasteiger partial charge in [0.25, 0.3) is 0 Å². The van der Waals surface area contributed by atoms with Crippen molar-refractivity contribution in [3.05, 3.63) is 12.0 Å². The number of hydrogen-bond donors (Lipinski definition) is 5. The zero-order valence-electron chi connectivity index (χ0n) is 16.2. The van der Waals surface area contributed by atoms with Crippen LogP contribution in [0.25, 0.3) is 0 Å². The van der Waals surface area contributed by atoms with Gasteiger partial charge in [0.2, 0.25) is 0 Å². The molecule has 12 nitrogen and oxygen atoms in total. The molecule has 0 rings (SSSR count). The third kappa shape index (κ3) is 16.6. The number of carboxylic acids is 3. The van der Waals surface area contributed by atoms with Gasteiger partial charge in [0.15, 0.2) is 9.84 Å². The van der Waals surface area contributed by atoms with E-state index in [0.717, 1.165) is 5.41 Å². The van der Waals surface area contributed by atoms with Crippen molar-refractivity contribution in [2.24, 2.45) is 0 Å². The molecule has 0 aromatic rings. The smallest absolute Gasteiger partial charge is 0.317 e. The van der Waals surface area contributed by atoms with Crippen molar-refractivity contribution in [3.63, 3.8) is 0 Å². The highest BCUT2D eigenvalue weighted by Crippen LogP contribution is 1.97. The van der Waals surface area contributed by atoms with Crippen molar-refractivity contribution in [1.82, 2.24) is 20.4 Å². The van der Waals surface area contributed by atoms with E-state index in [2.05, 4.69) is 17.2 Å². The summed E-state index contributed by atoms with van der Waals surface area (Å²) in [4.78, 5) is 35.5. The number of nitrogens with zero attached hydrogens (tertiary/aromatic N) is 2. The summed E-state index contributed by atoms with van der Waals surface area (Å²) in [6, 6.07) is 0. The van der Waals surface area contributed by atoms with E-state index in [-0.39, 0.29) is 38.5 Å². The quantitative estimate of drug-likeness (QED) is 0.135. The molecule has 29 heavy (non-hydrogen) atoms. The predicted octanol–water partition coefficient (Wildman–Crippen LogP) is -2.42.